The van der Waals surface area contributed by atoms with Crippen molar-refractivity contribution in [1.29, 1.82) is 0 Å². The van der Waals surface area contributed by atoms with Gasteiger partial charge in [0.1, 0.15) is 6.10 Å². The topological polar surface area (TPSA) is 72.3 Å². The molecule has 1 N–H and O–H groups in total. The van der Waals surface area contributed by atoms with Crippen LogP contribution in [0.1, 0.15) is 43.0 Å². The van der Waals surface area contributed by atoms with E-state index in [9.17, 15) is 4.79 Å². The minimum Gasteiger partial charge on any atom is -0.368 e. The minimum absolute atomic E-state index is 0.00990. The molecule has 2 fully saturated rings. The molecule has 0 saturated carbocycles. The van der Waals surface area contributed by atoms with E-state index in [0.717, 1.165) is 56.7 Å². The largest absolute Gasteiger partial charge is 0.368 e. The molecule has 2 saturated heterocycles. The van der Waals surface area contributed by atoms with Crippen LogP contribution < -0.4 is 5.32 Å². The van der Waals surface area contributed by atoms with E-state index in [1.807, 2.05) is 47.5 Å². The highest BCUT2D eigenvalue weighted by atomic mass is 16.5. The monoisotopic (exact) mass is 445 g/mol. The molecule has 2 aliphatic rings. The zero-order chi connectivity index (χ0) is 22.5. The summed E-state index contributed by atoms with van der Waals surface area (Å²) >= 11 is 0. The fourth-order valence-corrected chi connectivity index (χ4v) is 5.05. The van der Waals surface area contributed by atoms with Crippen LogP contribution in [-0.4, -0.2) is 51.4 Å². The molecule has 4 heterocycles. The summed E-state index contributed by atoms with van der Waals surface area (Å²) in [7, 11) is 0. The van der Waals surface area contributed by atoms with E-state index in [1.165, 1.54) is 5.56 Å². The number of hydrogen-bond acceptors (Lipinski definition) is 5. The van der Waals surface area contributed by atoms with E-state index in [-0.39, 0.29) is 24.0 Å². The zero-order valence-electron chi connectivity index (χ0n) is 18.8. The fraction of sp³-hybridized carbons (Fsp3) is 0.423. The van der Waals surface area contributed by atoms with Crippen LogP contribution in [0.3, 0.4) is 0 Å². The lowest BCUT2D eigenvalue weighted by molar-refractivity contribution is -0.131. The molecule has 7 heteroatoms. The van der Waals surface area contributed by atoms with E-state index in [4.69, 9.17) is 4.74 Å². The van der Waals surface area contributed by atoms with Crippen molar-refractivity contribution in [2.75, 3.05) is 19.7 Å². The Morgan fingerprint density at radius 3 is 2.79 bits per heavy atom. The molecular weight excluding hydrogens is 414 g/mol. The quantitative estimate of drug-likeness (QED) is 0.603. The van der Waals surface area contributed by atoms with Gasteiger partial charge < -0.3 is 10.1 Å². The van der Waals surface area contributed by atoms with Crippen molar-refractivity contribution in [2.24, 2.45) is 5.92 Å². The van der Waals surface area contributed by atoms with E-state index < -0.39 is 0 Å². The van der Waals surface area contributed by atoms with Crippen molar-refractivity contribution in [2.45, 2.75) is 44.4 Å². The van der Waals surface area contributed by atoms with Gasteiger partial charge in [0.2, 0.25) is 5.91 Å². The first-order valence-electron chi connectivity index (χ1n) is 11.9. The van der Waals surface area contributed by atoms with Gasteiger partial charge in [-0.05, 0) is 68.0 Å². The van der Waals surface area contributed by atoms with Gasteiger partial charge in [0, 0.05) is 38.3 Å². The molecule has 5 rings (SSSR count). The molecule has 7 nitrogen and oxygen atoms in total. The number of ether oxygens (including phenoxy) is 1. The number of carbonyl (C=O) groups is 1. The van der Waals surface area contributed by atoms with E-state index in [2.05, 4.69) is 44.6 Å². The van der Waals surface area contributed by atoms with Crippen molar-refractivity contribution in [1.82, 2.24) is 25.0 Å². The van der Waals surface area contributed by atoms with Crippen molar-refractivity contribution in [3.05, 3.63) is 78.4 Å². The first-order valence-corrected chi connectivity index (χ1v) is 11.9. The van der Waals surface area contributed by atoms with Gasteiger partial charge in [-0.3, -0.25) is 14.7 Å². The summed E-state index contributed by atoms with van der Waals surface area (Å²) in [6.07, 6.45) is 9.15. The standard InChI is InChI=1S/C26H31N5O2/c32-26(24-12-6-17-33-24)29-25(22-10-3-4-13-27-22)21-9-5-15-30(19-21)18-20-8-1-2-11-23(20)31-16-7-14-28-31/h1-4,7-8,10-11,13-14,16,21,24-25H,5-6,9,12,15,17-19H2,(H,29,32)/t21-,24+,25+/m1/s1. The molecule has 3 atom stereocenters. The summed E-state index contributed by atoms with van der Waals surface area (Å²) in [6.45, 7) is 3.46. The number of para-hydroxylation sites is 1. The predicted molar refractivity (Wildman–Crippen MR) is 126 cm³/mol. The number of benzene rings is 1. The number of piperidine rings is 1. The second-order valence-corrected chi connectivity index (χ2v) is 8.96. The van der Waals surface area contributed by atoms with E-state index in [1.54, 1.807) is 0 Å². The van der Waals surface area contributed by atoms with Gasteiger partial charge in [-0.1, -0.05) is 24.3 Å². The van der Waals surface area contributed by atoms with Crippen LogP contribution >= 0.6 is 0 Å². The van der Waals surface area contributed by atoms with Crippen LogP contribution in [0.15, 0.2) is 67.1 Å². The lowest BCUT2D eigenvalue weighted by Crippen LogP contribution is -2.45. The molecule has 2 aromatic heterocycles. The lowest BCUT2D eigenvalue weighted by Gasteiger charge is -2.37. The zero-order valence-corrected chi connectivity index (χ0v) is 18.8. The summed E-state index contributed by atoms with van der Waals surface area (Å²) < 4.78 is 7.56. The van der Waals surface area contributed by atoms with E-state index in [0.29, 0.717) is 6.61 Å². The molecule has 3 aromatic rings. The molecule has 0 aliphatic carbocycles. The molecular formula is C26H31N5O2. The number of aromatic nitrogens is 3. The third-order valence-electron chi connectivity index (χ3n) is 6.68. The number of hydrogen-bond donors (Lipinski definition) is 1. The molecule has 0 unspecified atom stereocenters. The molecule has 33 heavy (non-hydrogen) atoms. The summed E-state index contributed by atoms with van der Waals surface area (Å²) in [5.74, 6) is 0.278. The number of pyridine rings is 1. The average Bonchev–Trinajstić information content (AvgIpc) is 3.58. The number of nitrogens with zero attached hydrogens (tertiary/aromatic N) is 4. The van der Waals surface area contributed by atoms with E-state index >= 15 is 0 Å². The first kappa shape index (κ1) is 21.8. The molecule has 1 amide bonds. The van der Waals surface area contributed by atoms with Crippen LogP contribution in [0.4, 0.5) is 0 Å². The highest BCUT2D eigenvalue weighted by Gasteiger charge is 2.33. The van der Waals surface area contributed by atoms with Crippen molar-refractivity contribution in [3.63, 3.8) is 0 Å². The molecule has 2 aliphatic heterocycles. The summed E-state index contributed by atoms with van der Waals surface area (Å²) in [5.41, 5.74) is 3.28. The second-order valence-electron chi connectivity index (χ2n) is 8.96. The van der Waals surface area contributed by atoms with Crippen LogP contribution in [-0.2, 0) is 16.1 Å². The highest BCUT2D eigenvalue weighted by molar-refractivity contribution is 5.81. The normalized spacial score (nSPS) is 22.2. The Hall–Kier alpha value is -3.03. The summed E-state index contributed by atoms with van der Waals surface area (Å²) in [6, 6.07) is 16.2. The Morgan fingerprint density at radius 2 is 2.00 bits per heavy atom. The maximum atomic E-state index is 12.9. The van der Waals surface area contributed by atoms with Crippen molar-refractivity contribution in [3.8, 4) is 5.69 Å². The Balaban J connectivity index is 1.33. The van der Waals surface area contributed by atoms with Crippen LogP contribution in [0.5, 0.6) is 0 Å². The van der Waals surface area contributed by atoms with Crippen molar-refractivity contribution < 1.29 is 9.53 Å². The highest BCUT2D eigenvalue weighted by Crippen LogP contribution is 2.31. The minimum atomic E-state index is -0.336. The average molecular weight is 446 g/mol. The van der Waals surface area contributed by atoms with Crippen LogP contribution in [0.25, 0.3) is 5.69 Å². The van der Waals surface area contributed by atoms with Gasteiger partial charge in [-0.25, -0.2) is 4.68 Å². The number of likely N-dealkylation sites (tertiary alicyclic amines) is 1. The Bertz CT molecular complexity index is 1030. The van der Waals surface area contributed by atoms with Gasteiger partial charge >= 0.3 is 0 Å². The molecule has 0 bridgehead atoms. The summed E-state index contributed by atoms with van der Waals surface area (Å²) in [5, 5.41) is 7.72. The first-order chi connectivity index (χ1) is 16.3. The maximum Gasteiger partial charge on any atom is 0.249 e. The molecule has 0 spiro atoms. The molecule has 1 aromatic carbocycles. The van der Waals surface area contributed by atoms with Gasteiger partial charge in [-0.2, -0.15) is 5.10 Å². The molecule has 172 valence electrons. The third kappa shape index (κ3) is 5.15. The predicted octanol–water partition coefficient (Wildman–Crippen LogP) is 3.52. The van der Waals surface area contributed by atoms with Crippen LogP contribution in [0, 0.1) is 5.92 Å². The Morgan fingerprint density at radius 1 is 1.09 bits per heavy atom. The number of rotatable bonds is 7. The SMILES string of the molecule is O=C(N[C@H](c1ccccn1)[C@@H]1CCCN(Cc2ccccc2-n2cccn2)C1)[C@@H]1CCCO1. The van der Waals surface area contributed by atoms with Gasteiger partial charge in [-0.15, -0.1) is 0 Å². The lowest BCUT2D eigenvalue weighted by atomic mass is 9.88. The Labute approximate surface area is 194 Å². The van der Waals surface area contributed by atoms with Gasteiger partial charge in [0.25, 0.3) is 0 Å². The van der Waals surface area contributed by atoms with Crippen molar-refractivity contribution >= 4 is 5.91 Å². The fourth-order valence-electron chi connectivity index (χ4n) is 5.05. The second kappa shape index (κ2) is 10.3. The maximum absolute atomic E-state index is 12.9. The van der Waals surface area contributed by atoms with Gasteiger partial charge in [0.05, 0.1) is 17.4 Å². The third-order valence-corrected chi connectivity index (χ3v) is 6.68. The number of nitrogens with one attached hydrogen (secondary N) is 1. The Kier molecular flexibility index (Phi) is 6.79. The molecule has 0 radical (unpaired) electrons. The smallest absolute Gasteiger partial charge is 0.249 e. The summed E-state index contributed by atoms with van der Waals surface area (Å²) in [4.78, 5) is 20.0. The van der Waals surface area contributed by atoms with Gasteiger partial charge in [0.15, 0.2) is 0 Å². The van der Waals surface area contributed by atoms with Crippen LogP contribution in [0.2, 0.25) is 0 Å². The number of carbonyl (C=O) groups excluding carboxylic acids is 1. The number of amides is 1.